The van der Waals surface area contributed by atoms with Crippen LogP contribution in [0.15, 0.2) is 14.3 Å². The monoisotopic (exact) mass is 353 g/mol. The van der Waals surface area contributed by atoms with Gasteiger partial charge in [-0.2, -0.15) is 0 Å². The summed E-state index contributed by atoms with van der Waals surface area (Å²) in [5.41, 5.74) is 0. The number of halogens is 2. The van der Waals surface area contributed by atoms with Gasteiger partial charge < -0.3 is 5.32 Å². The number of thiophene rings is 1. The van der Waals surface area contributed by atoms with E-state index in [-0.39, 0.29) is 0 Å². The zero-order valence-corrected chi connectivity index (χ0v) is 13.3. The lowest BCUT2D eigenvalue weighted by molar-refractivity contribution is 0.443. The number of rotatable bonds is 5. The Balaban J connectivity index is 2.78. The van der Waals surface area contributed by atoms with E-state index in [1.165, 1.54) is 15.1 Å². The van der Waals surface area contributed by atoms with Crippen LogP contribution in [0.2, 0.25) is 0 Å². The molecule has 1 N–H and O–H groups in total. The maximum atomic E-state index is 3.55. The first-order valence-corrected chi connectivity index (χ1v) is 7.63. The molecule has 1 aromatic rings. The summed E-state index contributed by atoms with van der Waals surface area (Å²) in [6, 6.07) is 2.70. The molecule has 1 aromatic heterocycles. The minimum absolute atomic E-state index is 0.489. The van der Waals surface area contributed by atoms with Gasteiger partial charge >= 0.3 is 0 Å². The first-order chi connectivity index (χ1) is 7.04. The lowest BCUT2D eigenvalue weighted by Gasteiger charge is -2.18. The van der Waals surface area contributed by atoms with Gasteiger partial charge in [-0.25, -0.2) is 0 Å². The zero-order chi connectivity index (χ0) is 11.4. The van der Waals surface area contributed by atoms with Crippen LogP contribution in [0.1, 0.15) is 38.1 Å². The Bertz CT molecular complexity index is 290. The van der Waals surface area contributed by atoms with Crippen LogP contribution in [0.3, 0.4) is 0 Å². The normalized spacial score (nSPS) is 13.5. The van der Waals surface area contributed by atoms with Gasteiger partial charge in [0.15, 0.2) is 0 Å². The number of hydrogen-bond donors (Lipinski definition) is 1. The summed E-state index contributed by atoms with van der Waals surface area (Å²) >= 11 is 8.89. The Morgan fingerprint density at radius 3 is 2.47 bits per heavy atom. The molecule has 1 rings (SSSR count). The van der Waals surface area contributed by atoms with Crippen LogP contribution in [0, 0.1) is 5.92 Å². The highest BCUT2D eigenvalue weighted by atomic mass is 79.9. The summed E-state index contributed by atoms with van der Waals surface area (Å²) < 4.78 is 2.35. The second kappa shape index (κ2) is 6.38. The number of nitrogens with one attached hydrogen (secondary N) is 1. The minimum Gasteiger partial charge on any atom is -0.310 e. The molecule has 0 bridgehead atoms. The molecule has 1 nitrogen and oxygen atoms in total. The fourth-order valence-corrected chi connectivity index (χ4v) is 3.73. The Kier molecular flexibility index (Phi) is 5.82. The van der Waals surface area contributed by atoms with Gasteiger partial charge in [-0.3, -0.25) is 0 Å². The molecule has 1 heterocycles. The molecule has 0 saturated heterocycles. The molecule has 0 aliphatic rings. The first-order valence-electron chi connectivity index (χ1n) is 5.22. The van der Waals surface area contributed by atoms with Crippen molar-refractivity contribution in [3.05, 3.63) is 19.2 Å². The maximum absolute atomic E-state index is 3.55. The fraction of sp³-hybridized carbons (Fsp3) is 0.636. The van der Waals surface area contributed by atoms with Crippen molar-refractivity contribution in [3.63, 3.8) is 0 Å². The predicted octanol–water partition coefficient (Wildman–Crippen LogP) is 4.97. The quantitative estimate of drug-likeness (QED) is 0.787. The lowest BCUT2D eigenvalue weighted by Crippen LogP contribution is -2.21. The van der Waals surface area contributed by atoms with Crippen molar-refractivity contribution in [2.75, 3.05) is 6.54 Å². The standard InChI is InChI=1S/C11H17Br2NS/c1-4-14-9(5-7(2)3)10-6-8(12)11(13)15-10/h6-7,9,14H,4-5H2,1-3H3. The van der Waals surface area contributed by atoms with Crippen LogP contribution in [0.5, 0.6) is 0 Å². The van der Waals surface area contributed by atoms with Crippen molar-refractivity contribution < 1.29 is 0 Å². The van der Waals surface area contributed by atoms with Crippen LogP contribution in [-0.4, -0.2) is 6.54 Å². The molecular formula is C11H17Br2NS. The van der Waals surface area contributed by atoms with Crippen molar-refractivity contribution in [3.8, 4) is 0 Å². The minimum atomic E-state index is 0.489. The van der Waals surface area contributed by atoms with E-state index in [2.05, 4.69) is 64.0 Å². The van der Waals surface area contributed by atoms with Gasteiger partial charge in [0.25, 0.3) is 0 Å². The summed E-state index contributed by atoms with van der Waals surface area (Å²) in [5, 5.41) is 3.54. The van der Waals surface area contributed by atoms with Gasteiger partial charge in [0, 0.05) is 15.4 Å². The SMILES string of the molecule is CCNC(CC(C)C)c1cc(Br)c(Br)s1. The molecule has 0 aromatic carbocycles. The van der Waals surface area contributed by atoms with Gasteiger partial charge in [-0.05, 0) is 56.8 Å². The summed E-state index contributed by atoms with van der Waals surface area (Å²) in [6.45, 7) is 7.71. The van der Waals surface area contributed by atoms with E-state index in [9.17, 15) is 0 Å². The van der Waals surface area contributed by atoms with Gasteiger partial charge in [0.2, 0.25) is 0 Å². The maximum Gasteiger partial charge on any atom is 0.0843 e. The van der Waals surface area contributed by atoms with Crippen molar-refractivity contribution in [1.29, 1.82) is 0 Å². The van der Waals surface area contributed by atoms with Gasteiger partial charge in [0.05, 0.1) is 3.79 Å². The molecule has 0 fully saturated rings. The van der Waals surface area contributed by atoms with Gasteiger partial charge in [0.1, 0.15) is 0 Å². The summed E-state index contributed by atoms with van der Waals surface area (Å²) in [6.07, 6.45) is 1.19. The molecule has 0 spiro atoms. The summed E-state index contributed by atoms with van der Waals surface area (Å²) in [5.74, 6) is 0.716. The predicted molar refractivity (Wildman–Crippen MR) is 75.6 cm³/mol. The van der Waals surface area contributed by atoms with E-state index >= 15 is 0 Å². The Morgan fingerprint density at radius 2 is 2.07 bits per heavy atom. The van der Waals surface area contributed by atoms with Crippen LogP contribution in [-0.2, 0) is 0 Å². The molecule has 0 radical (unpaired) electrons. The largest absolute Gasteiger partial charge is 0.310 e. The fourth-order valence-electron chi connectivity index (χ4n) is 1.55. The Labute approximate surface area is 113 Å². The Morgan fingerprint density at radius 1 is 1.40 bits per heavy atom. The average molecular weight is 355 g/mol. The third-order valence-corrected chi connectivity index (χ3v) is 5.54. The van der Waals surface area contributed by atoms with E-state index in [0.29, 0.717) is 12.0 Å². The molecule has 1 unspecified atom stereocenters. The van der Waals surface area contributed by atoms with E-state index in [4.69, 9.17) is 0 Å². The van der Waals surface area contributed by atoms with E-state index in [1.807, 2.05) is 11.3 Å². The topological polar surface area (TPSA) is 12.0 Å². The van der Waals surface area contributed by atoms with E-state index in [1.54, 1.807) is 0 Å². The van der Waals surface area contributed by atoms with Crippen LogP contribution in [0.4, 0.5) is 0 Å². The van der Waals surface area contributed by atoms with Crippen LogP contribution < -0.4 is 5.32 Å². The highest BCUT2D eigenvalue weighted by molar-refractivity contribution is 9.13. The molecule has 1 atom stereocenters. The smallest absolute Gasteiger partial charge is 0.0843 e. The molecular weight excluding hydrogens is 338 g/mol. The second-order valence-electron chi connectivity index (χ2n) is 4.01. The number of hydrogen-bond acceptors (Lipinski definition) is 2. The first kappa shape index (κ1) is 13.7. The highest BCUT2D eigenvalue weighted by Gasteiger charge is 2.15. The Hall–Kier alpha value is 0.620. The molecule has 0 aliphatic heterocycles. The molecule has 0 aliphatic carbocycles. The second-order valence-corrected chi connectivity index (χ2v) is 7.27. The zero-order valence-electron chi connectivity index (χ0n) is 9.31. The third-order valence-electron chi connectivity index (χ3n) is 2.17. The van der Waals surface area contributed by atoms with Crippen molar-refractivity contribution >= 4 is 43.2 Å². The highest BCUT2D eigenvalue weighted by Crippen LogP contribution is 2.37. The van der Waals surface area contributed by atoms with E-state index in [0.717, 1.165) is 11.0 Å². The lowest BCUT2D eigenvalue weighted by atomic mass is 10.0. The van der Waals surface area contributed by atoms with E-state index < -0.39 is 0 Å². The van der Waals surface area contributed by atoms with Gasteiger partial charge in [-0.1, -0.05) is 20.8 Å². The molecule has 4 heteroatoms. The van der Waals surface area contributed by atoms with Crippen molar-refractivity contribution in [2.45, 2.75) is 33.2 Å². The molecule has 0 amide bonds. The van der Waals surface area contributed by atoms with Gasteiger partial charge in [-0.15, -0.1) is 11.3 Å². The van der Waals surface area contributed by atoms with Crippen LogP contribution >= 0.6 is 43.2 Å². The van der Waals surface area contributed by atoms with Crippen LogP contribution in [0.25, 0.3) is 0 Å². The summed E-state index contributed by atoms with van der Waals surface area (Å²) in [7, 11) is 0. The third kappa shape index (κ3) is 4.17. The molecule has 0 saturated carbocycles. The molecule has 86 valence electrons. The van der Waals surface area contributed by atoms with Crippen molar-refractivity contribution in [1.82, 2.24) is 5.32 Å². The molecule has 15 heavy (non-hydrogen) atoms. The summed E-state index contributed by atoms with van der Waals surface area (Å²) in [4.78, 5) is 1.41. The van der Waals surface area contributed by atoms with Crippen molar-refractivity contribution in [2.24, 2.45) is 5.92 Å². The average Bonchev–Trinajstić information content (AvgIpc) is 2.46.